The number of esters is 1. The van der Waals surface area contributed by atoms with Crippen LogP contribution in [0.5, 0.6) is 5.06 Å². The van der Waals surface area contributed by atoms with Gasteiger partial charge in [0.05, 0.1) is 17.3 Å². The van der Waals surface area contributed by atoms with Crippen molar-refractivity contribution < 1.29 is 14.3 Å². The van der Waals surface area contributed by atoms with Gasteiger partial charge in [-0.3, -0.25) is 0 Å². The second-order valence-corrected chi connectivity index (χ2v) is 5.74. The zero-order chi connectivity index (χ0) is 17.4. The Kier molecular flexibility index (Phi) is 6.23. The van der Waals surface area contributed by atoms with Crippen LogP contribution in [-0.2, 0) is 9.53 Å². The lowest BCUT2D eigenvalue weighted by atomic mass is 10.2. The van der Waals surface area contributed by atoms with Crippen molar-refractivity contribution in [1.29, 1.82) is 5.26 Å². The first-order valence-electron chi connectivity index (χ1n) is 7.05. The van der Waals surface area contributed by atoms with E-state index in [-0.39, 0.29) is 13.2 Å². The van der Waals surface area contributed by atoms with Crippen LogP contribution in [0.4, 0.5) is 10.7 Å². The minimum Gasteiger partial charge on any atom is -0.480 e. The summed E-state index contributed by atoms with van der Waals surface area (Å²) in [4.78, 5) is 11.2. The van der Waals surface area contributed by atoms with E-state index in [0.29, 0.717) is 26.9 Å². The second-order valence-electron chi connectivity index (χ2n) is 4.72. The van der Waals surface area contributed by atoms with Crippen molar-refractivity contribution in [1.82, 2.24) is 0 Å². The lowest BCUT2D eigenvalue weighted by Crippen LogP contribution is -2.11. The molecule has 0 aliphatic carbocycles. The molecular formula is C17H15N3O3S. The Morgan fingerprint density at radius 2 is 1.96 bits per heavy atom. The molecule has 0 saturated heterocycles. The van der Waals surface area contributed by atoms with Gasteiger partial charge in [-0.25, -0.2) is 4.79 Å². The lowest BCUT2D eigenvalue weighted by molar-refractivity contribution is -0.139. The molecule has 24 heavy (non-hydrogen) atoms. The van der Waals surface area contributed by atoms with Crippen molar-refractivity contribution in [3.8, 4) is 11.1 Å². The van der Waals surface area contributed by atoms with Crippen LogP contribution in [-0.4, -0.2) is 19.2 Å². The van der Waals surface area contributed by atoms with Gasteiger partial charge in [-0.05, 0) is 43.3 Å². The average molecular weight is 341 g/mol. The molecule has 7 heteroatoms. The van der Waals surface area contributed by atoms with Gasteiger partial charge in [0.2, 0.25) is 0 Å². The van der Waals surface area contributed by atoms with E-state index in [1.54, 1.807) is 43.3 Å². The number of azo groups is 1. The number of rotatable bonds is 7. The Balaban J connectivity index is 1.82. The summed E-state index contributed by atoms with van der Waals surface area (Å²) < 4.78 is 10.4. The lowest BCUT2D eigenvalue weighted by Gasteiger charge is -2.04. The van der Waals surface area contributed by atoms with Gasteiger partial charge in [0.15, 0.2) is 5.06 Å². The molecule has 1 heterocycles. The number of nitriles is 1. The molecule has 2 rings (SSSR count). The topological polar surface area (TPSA) is 84.0 Å². The summed E-state index contributed by atoms with van der Waals surface area (Å²) in [5, 5.41) is 18.3. The van der Waals surface area contributed by atoms with Crippen LogP contribution in [0.15, 0.2) is 58.8 Å². The number of hydrogen-bond donors (Lipinski definition) is 0. The third kappa shape index (κ3) is 5.34. The Labute approximate surface area is 143 Å². The van der Waals surface area contributed by atoms with E-state index in [1.807, 2.05) is 6.07 Å². The number of hydrogen-bond acceptors (Lipinski definition) is 7. The predicted octanol–water partition coefficient (Wildman–Crippen LogP) is 4.53. The number of benzene rings is 1. The van der Waals surface area contributed by atoms with E-state index in [9.17, 15) is 4.79 Å². The van der Waals surface area contributed by atoms with Crippen molar-refractivity contribution in [2.45, 2.75) is 6.92 Å². The summed E-state index contributed by atoms with van der Waals surface area (Å²) in [6, 6.07) is 12.4. The largest absolute Gasteiger partial charge is 0.480 e. The summed E-state index contributed by atoms with van der Waals surface area (Å²) in [5.74, 6) is -0.429. The molecular weight excluding hydrogens is 326 g/mol. The first kappa shape index (κ1) is 17.4. The second kappa shape index (κ2) is 8.60. The normalized spacial score (nSPS) is 10.3. The molecule has 0 atom stereocenters. The molecule has 0 amide bonds. The van der Waals surface area contributed by atoms with Gasteiger partial charge in [-0.15, -0.1) is 10.2 Å². The highest BCUT2D eigenvalue weighted by molar-refractivity contribution is 7.17. The maximum atomic E-state index is 11.2. The zero-order valence-corrected chi connectivity index (χ0v) is 13.9. The van der Waals surface area contributed by atoms with E-state index >= 15 is 0 Å². The summed E-state index contributed by atoms with van der Waals surface area (Å²) in [6.07, 6.45) is 0. The summed E-state index contributed by atoms with van der Waals surface area (Å²) in [7, 11) is 0. The highest BCUT2D eigenvalue weighted by atomic mass is 32.1. The Bertz CT molecular complexity index is 788. The van der Waals surface area contributed by atoms with Crippen molar-refractivity contribution in [2.24, 2.45) is 10.2 Å². The van der Waals surface area contributed by atoms with Gasteiger partial charge >= 0.3 is 5.97 Å². The van der Waals surface area contributed by atoms with E-state index < -0.39 is 5.97 Å². The Hall–Kier alpha value is -2.98. The minimum atomic E-state index is -0.429. The Morgan fingerprint density at radius 3 is 2.62 bits per heavy atom. The van der Waals surface area contributed by atoms with E-state index in [2.05, 4.69) is 16.8 Å². The first-order valence-corrected chi connectivity index (χ1v) is 7.87. The highest BCUT2D eigenvalue weighted by Gasteiger charge is 2.04. The maximum Gasteiger partial charge on any atom is 0.333 e. The first-order chi connectivity index (χ1) is 11.6. The van der Waals surface area contributed by atoms with E-state index in [1.165, 1.54) is 11.3 Å². The molecule has 0 bridgehead atoms. The van der Waals surface area contributed by atoms with Gasteiger partial charge in [-0.2, -0.15) is 5.26 Å². The summed E-state index contributed by atoms with van der Waals surface area (Å²) in [6.45, 7) is 5.50. The van der Waals surface area contributed by atoms with Crippen LogP contribution in [0.1, 0.15) is 12.5 Å². The van der Waals surface area contributed by atoms with Crippen LogP contribution in [0.2, 0.25) is 0 Å². The average Bonchev–Trinajstić information content (AvgIpc) is 3.05. The summed E-state index contributed by atoms with van der Waals surface area (Å²) in [5.41, 5.74) is 1.60. The SMILES string of the molecule is C=C(C)C(=O)OCCOc1ccc(/N=N/c2ccc(C#N)cc2)s1. The molecule has 122 valence electrons. The number of ether oxygens (including phenoxy) is 2. The maximum absolute atomic E-state index is 11.2. The predicted molar refractivity (Wildman–Crippen MR) is 90.9 cm³/mol. The quantitative estimate of drug-likeness (QED) is 0.320. The molecule has 0 fully saturated rings. The van der Waals surface area contributed by atoms with Crippen molar-refractivity contribution >= 4 is 28.0 Å². The van der Waals surface area contributed by atoms with Gasteiger partial charge in [0.25, 0.3) is 0 Å². The van der Waals surface area contributed by atoms with Gasteiger partial charge in [0.1, 0.15) is 18.2 Å². The third-order valence-corrected chi connectivity index (χ3v) is 3.62. The van der Waals surface area contributed by atoms with Crippen LogP contribution >= 0.6 is 11.3 Å². The van der Waals surface area contributed by atoms with Gasteiger partial charge < -0.3 is 9.47 Å². The molecule has 0 spiro atoms. The molecule has 1 aromatic heterocycles. The molecule has 0 aliphatic heterocycles. The number of carbonyl (C=O) groups is 1. The standard InChI is InChI=1S/C17H15N3O3S/c1-12(2)17(21)23-10-9-22-16-8-7-15(24-16)20-19-14-5-3-13(11-18)4-6-14/h3-8H,1,9-10H2,2H3/b20-19+. The zero-order valence-electron chi connectivity index (χ0n) is 13.1. The number of thiophene rings is 1. The summed E-state index contributed by atoms with van der Waals surface area (Å²) >= 11 is 1.33. The van der Waals surface area contributed by atoms with Gasteiger partial charge in [-0.1, -0.05) is 17.9 Å². The van der Waals surface area contributed by atoms with E-state index in [0.717, 1.165) is 0 Å². The minimum absolute atomic E-state index is 0.158. The molecule has 2 aromatic rings. The van der Waals surface area contributed by atoms with Crippen molar-refractivity contribution in [2.75, 3.05) is 13.2 Å². The van der Waals surface area contributed by atoms with Crippen LogP contribution < -0.4 is 4.74 Å². The van der Waals surface area contributed by atoms with E-state index in [4.69, 9.17) is 14.7 Å². The third-order valence-electron chi connectivity index (χ3n) is 2.74. The molecule has 6 nitrogen and oxygen atoms in total. The van der Waals surface area contributed by atoms with Gasteiger partial charge in [0, 0.05) is 5.57 Å². The van der Waals surface area contributed by atoms with Crippen LogP contribution in [0.25, 0.3) is 0 Å². The number of nitrogens with zero attached hydrogens (tertiary/aromatic N) is 3. The Morgan fingerprint density at radius 1 is 1.21 bits per heavy atom. The fraction of sp³-hybridized carbons (Fsp3) is 0.176. The van der Waals surface area contributed by atoms with Crippen molar-refractivity contribution in [3.05, 3.63) is 54.1 Å². The molecule has 0 N–H and O–H groups in total. The highest BCUT2D eigenvalue weighted by Crippen LogP contribution is 2.32. The monoisotopic (exact) mass is 341 g/mol. The fourth-order valence-electron chi connectivity index (χ4n) is 1.55. The molecule has 1 aromatic carbocycles. The molecule has 0 unspecified atom stereocenters. The fourth-order valence-corrected chi connectivity index (χ4v) is 2.25. The molecule has 0 radical (unpaired) electrons. The smallest absolute Gasteiger partial charge is 0.333 e. The van der Waals surface area contributed by atoms with Crippen LogP contribution in [0, 0.1) is 11.3 Å². The number of carbonyl (C=O) groups excluding carboxylic acids is 1. The molecule has 0 aliphatic rings. The van der Waals surface area contributed by atoms with Crippen molar-refractivity contribution in [3.63, 3.8) is 0 Å². The molecule has 0 saturated carbocycles. The van der Waals surface area contributed by atoms with Crippen LogP contribution in [0.3, 0.4) is 0 Å².